The third kappa shape index (κ3) is 5.45. The number of nitrogens with one attached hydrogen (secondary N) is 1. The number of ether oxygens (including phenoxy) is 3. The topological polar surface area (TPSA) is 73.9 Å². The average molecular weight is 392 g/mol. The standard InChI is InChI=1S/C20H22ClNO5/c1-25-17-10-9-13(11-15(17)21)12-16(20(24)27-3)22-19(23)18(26-2)14-7-5-4-6-8-14/h4-11,16,18H,12H2,1-3H3,(H,22,23)/t16-,18+/m1/s1. The van der Waals surface area contributed by atoms with E-state index in [0.29, 0.717) is 16.3 Å². The van der Waals surface area contributed by atoms with E-state index in [1.54, 1.807) is 30.3 Å². The van der Waals surface area contributed by atoms with Crippen molar-refractivity contribution in [3.63, 3.8) is 0 Å². The predicted octanol–water partition coefficient (Wildman–Crippen LogP) is 2.94. The first-order valence-electron chi connectivity index (χ1n) is 8.28. The second-order valence-corrected chi connectivity index (χ2v) is 6.19. The van der Waals surface area contributed by atoms with E-state index in [2.05, 4.69) is 5.32 Å². The third-order valence-corrected chi connectivity index (χ3v) is 4.33. The van der Waals surface area contributed by atoms with E-state index in [0.717, 1.165) is 5.56 Å². The van der Waals surface area contributed by atoms with Crippen molar-refractivity contribution in [3.8, 4) is 5.75 Å². The van der Waals surface area contributed by atoms with Crippen LogP contribution in [0.3, 0.4) is 0 Å². The Morgan fingerprint density at radius 3 is 2.33 bits per heavy atom. The van der Waals surface area contributed by atoms with Gasteiger partial charge in [-0.25, -0.2) is 4.79 Å². The molecule has 0 radical (unpaired) electrons. The molecule has 0 saturated carbocycles. The molecule has 0 fully saturated rings. The highest BCUT2D eigenvalue weighted by atomic mass is 35.5. The third-order valence-electron chi connectivity index (χ3n) is 4.03. The van der Waals surface area contributed by atoms with Gasteiger partial charge in [-0.05, 0) is 23.3 Å². The Balaban J connectivity index is 2.17. The van der Waals surface area contributed by atoms with Crippen molar-refractivity contribution >= 4 is 23.5 Å². The van der Waals surface area contributed by atoms with Crippen LogP contribution in [-0.2, 0) is 25.5 Å². The molecule has 1 amide bonds. The van der Waals surface area contributed by atoms with Gasteiger partial charge in [-0.3, -0.25) is 4.79 Å². The minimum atomic E-state index is -0.881. The van der Waals surface area contributed by atoms with Crippen LogP contribution >= 0.6 is 11.6 Å². The maximum atomic E-state index is 12.7. The number of hydrogen-bond donors (Lipinski definition) is 1. The highest BCUT2D eigenvalue weighted by molar-refractivity contribution is 6.32. The monoisotopic (exact) mass is 391 g/mol. The summed E-state index contributed by atoms with van der Waals surface area (Å²) in [6.07, 6.45) is -0.620. The molecule has 2 atom stereocenters. The lowest BCUT2D eigenvalue weighted by Gasteiger charge is -2.21. The van der Waals surface area contributed by atoms with Gasteiger partial charge < -0.3 is 19.5 Å². The summed E-state index contributed by atoms with van der Waals surface area (Å²) in [4.78, 5) is 24.8. The summed E-state index contributed by atoms with van der Waals surface area (Å²) in [5.41, 5.74) is 1.44. The molecule has 0 bridgehead atoms. The molecule has 27 heavy (non-hydrogen) atoms. The van der Waals surface area contributed by atoms with Crippen LogP contribution in [0.5, 0.6) is 5.75 Å². The van der Waals surface area contributed by atoms with Crippen LogP contribution in [0.25, 0.3) is 0 Å². The highest BCUT2D eigenvalue weighted by Gasteiger charge is 2.27. The second kappa shape index (κ2) is 9.94. The van der Waals surface area contributed by atoms with Gasteiger partial charge in [0.2, 0.25) is 0 Å². The van der Waals surface area contributed by atoms with Gasteiger partial charge in [-0.1, -0.05) is 48.0 Å². The number of halogens is 1. The normalized spacial score (nSPS) is 12.7. The molecule has 0 heterocycles. The smallest absolute Gasteiger partial charge is 0.328 e. The van der Waals surface area contributed by atoms with Crippen LogP contribution in [0.2, 0.25) is 5.02 Å². The fourth-order valence-corrected chi connectivity index (χ4v) is 2.96. The minimum absolute atomic E-state index is 0.216. The van der Waals surface area contributed by atoms with Gasteiger partial charge in [-0.15, -0.1) is 0 Å². The van der Waals surface area contributed by atoms with Crippen LogP contribution in [0.4, 0.5) is 0 Å². The first-order chi connectivity index (χ1) is 13.0. The molecular weight excluding hydrogens is 370 g/mol. The molecule has 2 rings (SSSR count). The Hall–Kier alpha value is -2.57. The van der Waals surface area contributed by atoms with Crippen molar-refractivity contribution in [2.45, 2.75) is 18.6 Å². The quantitative estimate of drug-likeness (QED) is 0.700. The van der Waals surface area contributed by atoms with Gasteiger partial charge in [0.05, 0.1) is 19.2 Å². The maximum Gasteiger partial charge on any atom is 0.328 e. The summed E-state index contributed by atoms with van der Waals surface area (Å²) in [5, 5.41) is 3.12. The first-order valence-corrected chi connectivity index (χ1v) is 8.66. The Morgan fingerprint density at radius 1 is 1.07 bits per heavy atom. The van der Waals surface area contributed by atoms with Gasteiger partial charge >= 0.3 is 5.97 Å². The number of methoxy groups -OCH3 is 3. The lowest BCUT2D eigenvalue weighted by molar-refractivity contribution is -0.146. The number of amides is 1. The summed E-state index contributed by atoms with van der Waals surface area (Å²) < 4.78 is 15.3. The van der Waals surface area contributed by atoms with E-state index in [9.17, 15) is 9.59 Å². The van der Waals surface area contributed by atoms with Crippen LogP contribution in [0, 0.1) is 0 Å². The van der Waals surface area contributed by atoms with Gasteiger partial charge in [0, 0.05) is 13.5 Å². The molecule has 0 aromatic heterocycles. The van der Waals surface area contributed by atoms with E-state index in [1.807, 2.05) is 18.2 Å². The number of esters is 1. The predicted molar refractivity (Wildman–Crippen MR) is 102 cm³/mol. The van der Waals surface area contributed by atoms with Crippen LogP contribution in [0.1, 0.15) is 17.2 Å². The van der Waals surface area contributed by atoms with Crippen molar-refractivity contribution in [2.24, 2.45) is 0 Å². The lowest BCUT2D eigenvalue weighted by Crippen LogP contribution is -2.45. The molecule has 1 N–H and O–H groups in total. The minimum Gasteiger partial charge on any atom is -0.495 e. The maximum absolute atomic E-state index is 12.7. The van der Waals surface area contributed by atoms with E-state index >= 15 is 0 Å². The Morgan fingerprint density at radius 2 is 1.78 bits per heavy atom. The number of rotatable bonds is 8. The number of benzene rings is 2. The van der Waals surface area contributed by atoms with Crippen molar-refractivity contribution in [2.75, 3.05) is 21.3 Å². The molecule has 144 valence electrons. The molecule has 2 aromatic carbocycles. The van der Waals surface area contributed by atoms with Crippen molar-refractivity contribution in [1.29, 1.82) is 0 Å². The number of carbonyl (C=O) groups is 2. The van der Waals surface area contributed by atoms with Crippen LogP contribution < -0.4 is 10.1 Å². The second-order valence-electron chi connectivity index (χ2n) is 5.78. The van der Waals surface area contributed by atoms with Crippen molar-refractivity contribution < 1.29 is 23.8 Å². The zero-order chi connectivity index (χ0) is 19.8. The van der Waals surface area contributed by atoms with Gasteiger partial charge in [0.25, 0.3) is 5.91 Å². The molecular formula is C20H22ClNO5. The molecule has 0 aliphatic carbocycles. The largest absolute Gasteiger partial charge is 0.495 e. The molecule has 7 heteroatoms. The lowest BCUT2D eigenvalue weighted by atomic mass is 10.0. The molecule has 2 aromatic rings. The Labute approximate surface area is 163 Å². The van der Waals surface area contributed by atoms with Crippen molar-refractivity contribution in [3.05, 3.63) is 64.7 Å². The molecule has 0 aliphatic rings. The fourth-order valence-electron chi connectivity index (χ4n) is 2.68. The van der Waals surface area contributed by atoms with Gasteiger partial charge in [-0.2, -0.15) is 0 Å². The average Bonchev–Trinajstić information content (AvgIpc) is 2.68. The Bertz CT molecular complexity index is 781. The van der Waals surface area contributed by atoms with E-state index < -0.39 is 24.0 Å². The summed E-state index contributed by atoms with van der Waals surface area (Å²) in [5.74, 6) is -0.459. The summed E-state index contributed by atoms with van der Waals surface area (Å²) in [7, 11) is 4.23. The summed E-state index contributed by atoms with van der Waals surface area (Å²) in [6.45, 7) is 0. The zero-order valence-electron chi connectivity index (χ0n) is 15.4. The molecule has 0 aliphatic heterocycles. The van der Waals surface area contributed by atoms with Crippen LogP contribution in [-0.4, -0.2) is 39.2 Å². The number of carbonyl (C=O) groups excluding carboxylic acids is 2. The number of hydrogen-bond acceptors (Lipinski definition) is 5. The summed E-state index contributed by atoms with van der Waals surface area (Å²) >= 11 is 6.14. The highest BCUT2D eigenvalue weighted by Crippen LogP contribution is 2.25. The van der Waals surface area contributed by atoms with Crippen LogP contribution in [0.15, 0.2) is 48.5 Å². The molecule has 0 saturated heterocycles. The van der Waals surface area contributed by atoms with Gasteiger partial charge in [0.15, 0.2) is 6.10 Å². The first kappa shape index (κ1) is 20.7. The SMILES string of the molecule is COC(=O)[C@@H](Cc1ccc(OC)c(Cl)c1)NC(=O)[C@@H](OC)c1ccccc1. The van der Waals surface area contributed by atoms with E-state index in [1.165, 1.54) is 21.3 Å². The van der Waals surface area contributed by atoms with E-state index in [4.69, 9.17) is 25.8 Å². The fraction of sp³-hybridized carbons (Fsp3) is 0.300. The molecule has 0 unspecified atom stereocenters. The molecule has 0 spiro atoms. The molecule has 6 nitrogen and oxygen atoms in total. The van der Waals surface area contributed by atoms with Crippen molar-refractivity contribution in [1.82, 2.24) is 5.32 Å². The Kier molecular flexibility index (Phi) is 7.64. The van der Waals surface area contributed by atoms with E-state index in [-0.39, 0.29) is 6.42 Å². The zero-order valence-corrected chi connectivity index (χ0v) is 16.2. The summed E-state index contributed by atoms with van der Waals surface area (Å²) in [6, 6.07) is 13.3. The van der Waals surface area contributed by atoms with Gasteiger partial charge in [0.1, 0.15) is 11.8 Å².